The highest BCUT2D eigenvalue weighted by atomic mass is 35.5. The number of aliphatic hydroxyl groups excluding tert-OH is 1. The molecule has 2 N–H and O–H groups in total. The Bertz CT molecular complexity index is 360. The van der Waals surface area contributed by atoms with Gasteiger partial charge >= 0.3 is 0 Å². The average molecular weight is 272 g/mol. The molecule has 15 heavy (non-hydrogen) atoms. The van der Waals surface area contributed by atoms with Crippen LogP contribution in [0.2, 0.25) is 15.2 Å². The van der Waals surface area contributed by atoms with Crippen LogP contribution in [0.4, 0.5) is 5.69 Å². The fourth-order valence-corrected chi connectivity index (χ4v) is 1.69. The fraction of sp³-hybridized carbons (Fsp3) is 0.375. The zero-order valence-corrected chi connectivity index (χ0v) is 10.1. The molecule has 7 heteroatoms. The third-order valence-electron chi connectivity index (χ3n) is 1.59. The highest BCUT2D eigenvalue weighted by Crippen LogP contribution is 2.39. The third kappa shape index (κ3) is 2.78. The maximum absolute atomic E-state index is 8.60. The number of rotatable bonds is 4. The molecule has 1 rings (SSSR count). The minimum Gasteiger partial charge on any atom is -0.474 e. The van der Waals surface area contributed by atoms with Gasteiger partial charge in [0.25, 0.3) is 0 Å². The normalized spacial score (nSPS) is 10.2. The zero-order chi connectivity index (χ0) is 11.4. The molecule has 84 valence electrons. The van der Waals surface area contributed by atoms with E-state index in [2.05, 4.69) is 10.3 Å². The molecule has 0 radical (unpaired) electrons. The van der Waals surface area contributed by atoms with Crippen LogP contribution in [0.25, 0.3) is 0 Å². The highest BCUT2D eigenvalue weighted by molar-refractivity contribution is 6.45. The number of nitrogens with one attached hydrogen (secondary N) is 1. The Morgan fingerprint density at radius 1 is 1.33 bits per heavy atom. The summed E-state index contributed by atoms with van der Waals surface area (Å²) >= 11 is 17.6. The van der Waals surface area contributed by atoms with Crippen LogP contribution >= 0.6 is 34.8 Å². The SMILES string of the molecule is CNc1c(Cl)c(Cl)nc(OCCO)c1Cl. The molecule has 0 spiro atoms. The molecule has 4 nitrogen and oxygen atoms in total. The molecule has 1 aromatic rings. The maximum atomic E-state index is 8.60. The first-order valence-corrected chi connectivity index (χ1v) is 5.21. The first kappa shape index (κ1) is 12.6. The first-order chi connectivity index (χ1) is 7.11. The summed E-state index contributed by atoms with van der Waals surface area (Å²) in [6.45, 7) is -0.0407. The van der Waals surface area contributed by atoms with Gasteiger partial charge < -0.3 is 15.2 Å². The van der Waals surface area contributed by atoms with Crippen LogP contribution in [0.15, 0.2) is 0 Å². The summed E-state index contributed by atoms with van der Waals surface area (Å²) in [5, 5.41) is 12.0. The van der Waals surface area contributed by atoms with Crippen molar-refractivity contribution in [3.63, 3.8) is 0 Å². The van der Waals surface area contributed by atoms with E-state index in [1.165, 1.54) is 0 Å². The van der Waals surface area contributed by atoms with Gasteiger partial charge in [-0.3, -0.25) is 0 Å². The van der Waals surface area contributed by atoms with E-state index in [1.807, 2.05) is 0 Å². The molecule has 0 fully saturated rings. The summed E-state index contributed by atoms with van der Waals surface area (Å²) in [6.07, 6.45) is 0. The lowest BCUT2D eigenvalue weighted by Gasteiger charge is -2.11. The van der Waals surface area contributed by atoms with Gasteiger partial charge in [0.15, 0.2) is 5.15 Å². The summed E-state index contributed by atoms with van der Waals surface area (Å²) in [6, 6.07) is 0. The Balaban J connectivity index is 3.12. The van der Waals surface area contributed by atoms with E-state index in [1.54, 1.807) is 7.05 Å². The molecule has 1 aromatic heterocycles. The van der Waals surface area contributed by atoms with E-state index in [4.69, 9.17) is 44.6 Å². The molecular weight excluding hydrogens is 262 g/mol. The molecule has 0 amide bonds. The molecular formula is C8H9Cl3N2O2. The van der Waals surface area contributed by atoms with Crippen molar-refractivity contribution in [1.29, 1.82) is 0 Å². The predicted octanol–water partition coefficient (Wildman–Crippen LogP) is 2.45. The van der Waals surface area contributed by atoms with E-state index >= 15 is 0 Å². The molecule has 0 aliphatic carbocycles. The van der Waals surface area contributed by atoms with Crippen molar-refractivity contribution in [3.8, 4) is 5.88 Å². The van der Waals surface area contributed by atoms with Crippen LogP contribution < -0.4 is 10.1 Å². The molecule has 0 aromatic carbocycles. The molecule has 0 aliphatic heterocycles. The number of nitrogens with zero attached hydrogens (tertiary/aromatic N) is 1. The van der Waals surface area contributed by atoms with Gasteiger partial charge in [0.1, 0.15) is 16.7 Å². The standard InChI is InChI=1S/C8H9Cl3N2O2/c1-12-6-4(9)7(11)13-8(5(6)10)15-3-2-14/h14H,2-3H2,1H3,(H,12,13). The van der Waals surface area contributed by atoms with Gasteiger partial charge in [0.2, 0.25) is 5.88 Å². The number of hydrogen-bond donors (Lipinski definition) is 2. The Morgan fingerprint density at radius 2 is 2.00 bits per heavy atom. The van der Waals surface area contributed by atoms with Gasteiger partial charge in [0.05, 0.1) is 12.3 Å². The average Bonchev–Trinajstić information content (AvgIpc) is 2.22. The Kier molecular flexibility index (Phi) is 4.73. The summed E-state index contributed by atoms with van der Waals surface area (Å²) in [7, 11) is 1.65. The van der Waals surface area contributed by atoms with Crippen LogP contribution in [-0.2, 0) is 0 Å². The van der Waals surface area contributed by atoms with Gasteiger partial charge in [-0.15, -0.1) is 0 Å². The number of halogens is 3. The van der Waals surface area contributed by atoms with Gasteiger partial charge in [-0.2, -0.15) is 4.98 Å². The number of aromatic nitrogens is 1. The quantitative estimate of drug-likeness (QED) is 0.826. The number of hydrogen-bond acceptors (Lipinski definition) is 4. The van der Waals surface area contributed by atoms with Crippen molar-refractivity contribution in [2.45, 2.75) is 0 Å². The minimum atomic E-state index is -0.132. The van der Waals surface area contributed by atoms with Crippen LogP contribution in [0.5, 0.6) is 5.88 Å². The van der Waals surface area contributed by atoms with Crippen molar-refractivity contribution in [2.24, 2.45) is 0 Å². The lowest BCUT2D eigenvalue weighted by atomic mass is 10.4. The topological polar surface area (TPSA) is 54.4 Å². The summed E-state index contributed by atoms with van der Waals surface area (Å²) in [5.41, 5.74) is 0.450. The number of anilines is 1. The number of aliphatic hydroxyl groups is 1. The monoisotopic (exact) mass is 270 g/mol. The molecule has 0 saturated heterocycles. The smallest absolute Gasteiger partial charge is 0.236 e. The summed E-state index contributed by atoms with van der Waals surface area (Å²) in [4.78, 5) is 3.85. The fourth-order valence-electron chi connectivity index (χ4n) is 0.951. The molecule has 0 unspecified atom stereocenters. The second-order valence-corrected chi connectivity index (χ2v) is 3.65. The van der Waals surface area contributed by atoms with Crippen molar-refractivity contribution in [3.05, 3.63) is 15.2 Å². The second-order valence-electron chi connectivity index (χ2n) is 2.53. The van der Waals surface area contributed by atoms with E-state index in [0.717, 1.165) is 0 Å². The van der Waals surface area contributed by atoms with Crippen LogP contribution in [-0.4, -0.2) is 30.4 Å². The molecule has 1 heterocycles. The maximum Gasteiger partial charge on any atom is 0.236 e. The van der Waals surface area contributed by atoms with Crippen molar-refractivity contribution >= 4 is 40.5 Å². The zero-order valence-electron chi connectivity index (χ0n) is 7.85. The molecule has 0 saturated carbocycles. The minimum absolute atomic E-state index is 0.0911. The highest BCUT2D eigenvalue weighted by Gasteiger charge is 2.16. The lowest BCUT2D eigenvalue weighted by Crippen LogP contribution is -2.05. The number of ether oxygens (including phenoxy) is 1. The van der Waals surface area contributed by atoms with E-state index < -0.39 is 0 Å². The van der Waals surface area contributed by atoms with Gasteiger partial charge in [-0.25, -0.2) is 0 Å². The third-order valence-corrected chi connectivity index (χ3v) is 2.68. The Hall–Kier alpha value is -0.420. The summed E-state index contributed by atoms with van der Waals surface area (Å²) in [5.74, 6) is 0.143. The van der Waals surface area contributed by atoms with Crippen molar-refractivity contribution < 1.29 is 9.84 Å². The Labute approximate surface area is 102 Å². The number of pyridine rings is 1. The van der Waals surface area contributed by atoms with Crippen LogP contribution in [0, 0.1) is 0 Å². The van der Waals surface area contributed by atoms with Crippen molar-refractivity contribution in [2.75, 3.05) is 25.6 Å². The molecule has 0 bridgehead atoms. The van der Waals surface area contributed by atoms with Crippen LogP contribution in [0.3, 0.4) is 0 Å². The van der Waals surface area contributed by atoms with Crippen LogP contribution in [0.1, 0.15) is 0 Å². The van der Waals surface area contributed by atoms with E-state index in [-0.39, 0.29) is 34.3 Å². The van der Waals surface area contributed by atoms with Gasteiger partial charge in [-0.1, -0.05) is 34.8 Å². The van der Waals surface area contributed by atoms with Gasteiger partial charge in [0, 0.05) is 7.05 Å². The van der Waals surface area contributed by atoms with E-state index in [0.29, 0.717) is 5.69 Å². The summed E-state index contributed by atoms with van der Waals surface area (Å²) < 4.78 is 5.09. The van der Waals surface area contributed by atoms with E-state index in [9.17, 15) is 0 Å². The predicted molar refractivity (Wildman–Crippen MR) is 61.4 cm³/mol. The molecule has 0 atom stereocenters. The Morgan fingerprint density at radius 3 is 2.53 bits per heavy atom. The lowest BCUT2D eigenvalue weighted by molar-refractivity contribution is 0.197. The largest absolute Gasteiger partial charge is 0.474 e. The second kappa shape index (κ2) is 5.61. The molecule has 0 aliphatic rings. The first-order valence-electron chi connectivity index (χ1n) is 4.07. The van der Waals surface area contributed by atoms with Crippen molar-refractivity contribution in [1.82, 2.24) is 4.98 Å². The van der Waals surface area contributed by atoms with Gasteiger partial charge in [-0.05, 0) is 0 Å².